The van der Waals surface area contributed by atoms with Crippen LogP contribution in [0.25, 0.3) is 27.4 Å². The molecule has 0 fully saturated rings. The number of hydrogen-bond acceptors (Lipinski definition) is 9. The molecular formula is C35H32N10O4. The Morgan fingerprint density at radius 1 is 0.980 bits per heavy atom. The summed E-state index contributed by atoms with van der Waals surface area (Å²) in [5.41, 5.74) is 3.40. The number of hydrogen-bond donors (Lipinski definition) is 5. The molecule has 0 aliphatic heterocycles. The predicted octanol–water partition coefficient (Wildman–Crippen LogP) is 6.15. The van der Waals surface area contributed by atoms with Crippen LogP contribution in [0, 0.1) is 0 Å². The van der Waals surface area contributed by atoms with E-state index in [1.54, 1.807) is 47.4 Å². The second kappa shape index (κ2) is 13.3. The molecule has 14 heteroatoms. The van der Waals surface area contributed by atoms with Crippen molar-refractivity contribution in [2.24, 2.45) is 0 Å². The topological polar surface area (TPSA) is 177 Å². The summed E-state index contributed by atoms with van der Waals surface area (Å²) in [5.74, 6) is 1.93. The Morgan fingerprint density at radius 3 is 2.67 bits per heavy atom. The third-order valence-electron chi connectivity index (χ3n) is 7.82. The maximum absolute atomic E-state index is 13.4. The molecule has 0 spiro atoms. The van der Waals surface area contributed by atoms with Crippen LogP contribution >= 0.6 is 0 Å². The number of rotatable bonds is 10. The van der Waals surface area contributed by atoms with Crippen molar-refractivity contribution in [1.29, 1.82) is 0 Å². The van der Waals surface area contributed by atoms with Gasteiger partial charge in [0, 0.05) is 52.8 Å². The molecule has 14 nitrogen and oxygen atoms in total. The average Bonchev–Trinajstić information content (AvgIpc) is 3.74. The van der Waals surface area contributed by atoms with E-state index >= 15 is 0 Å². The van der Waals surface area contributed by atoms with Crippen molar-refractivity contribution < 1.29 is 14.6 Å². The molecule has 5 N–H and O–H groups in total. The Hall–Kier alpha value is -6.54. The van der Waals surface area contributed by atoms with Crippen LogP contribution in [-0.2, 0) is 6.54 Å². The number of fused-ring (bicyclic) bond motifs is 2. The standard InChI is InChI=1S/C35H32N10O4/c1-21(2)29-16-32(45(43-29)24-8-12-34(47)44(19-24)13-14-46)41-35(48)40-28-10-11-30(26-6-4-3-5-25(26)28)49-33-17-31(36-20-37-33)39-23-7-9-27-22(15-23)18-38-42-27/h3-12,15-21,46H,13-14H2,1-2H3,(H,38,42)(H,36,37,39)(H2,40,41,48). The average molecular weight is 657 g/mol. The van der Waals surface area contributed by atoms with E-state index in [2.05, 4.69) is 41.2 Å². The van der Waals surface area contributed by atoms with Crippen molar-refractivity contribution in [2.45, 2.75) is 26.3 Å². The van der Waals surface area contributed by atoms with Crippen LogP contribution in [0.3, 0.4) is 0 Å². The quantitative estimate of drug-likeness (QED) is 0.116. The highest BCUT2D eigenvalue weighted by Gasteiger charge is 2.17. The molecule has 49 heavy (non-hydrogen) atoms. The highest BCUT2D eigenvalue weighted by Crippen LogP contribution is 2.35. The van der Waals surface area contributed by atoms with Gasteiger partial charge in [-0.05, 0) is 42.3 Å². The van der Waals surface area contributed by atoms with E-state index in [0.29, 0.717) is 34.6 Å². The molecule has 4 aromatic heterocycles. The largest absolute Gasteiger partial charge is 0.438 e. The number of nitrogens with zero attached hydrogens (tertiary/aromatic N) is 6. The fourth-order valence-corrected chi connectivity index (χ4v) is 5.38. The molecule has 0 aliphatic rings. The molecule has 0 saturated heterocycles. The molecule has 0 atom stereocenters. The third kappa shape index (κ3) is 6.66. The molecule has 246 valence electrons. The Balaban J connectivity index is 1.11. The predicted molar refractivity (Wildman–Crippen MR) is 187 cm³/mol. The van der Waals surface area contributed by atoms with Crippen LogP contribution in [0.2, 0.25) is 0 Å². The van der Waals surface area contributed by atoms with Gasteiger partial charge in [-0.15, -0.1) is 0 Å². The van der Waals surface area contributed by atoms with E-state index < -0.39 is 6.03 Å². The molecule has 7 rings (SSSR count). The van der Waals surface area contributed by atoms with Crippen LogP contribution in [0.1, 0.15) is 25.5 Å². The van der Waals surface area contributed by atoms with Crippen molar-refractivity contribution in [2.75, 3.05) is 22.6 Å². The lowest BCUT2D eigenvalue weighted by molar-refractivity contribution is 0.262. The third-order valence-corrected chi connectivity index (χ3v) is 7.82. The highest BCUT2D eigenvalue weighted by atomic mass is 16.5. The van der Waals surface area contributed by atoms with Crippen molar-refractivity contribution >= 4 is 50.7 Å². The number of carbonyl (C=O) groups is 1. The monoisotopic (exact) mass is 656 g/mol. The number of aromatic nitrogens is 7. The van der Waals surface area contributed by atoms with Gasteiger partial charge < -0.3 is 25.0 Å². The number of aromatic amines is 1. The van der Waals surface area contributed by atoms with Gasteiger partial charge in [-0.1, -0.05) is 38.1 Å². The summed E-state index contributed by atoms with van der Waals surface area (Å²) in [5, 5.41) is 32.7. The van der Waals surface area contributed by atoms with Crippen LogP contribution < -0.4 is 26.2 Å². The van der Waals surface area contributed by atoms with Crippen molar-refractivity contribution in [3.63, 3.8) is 0 Å². The van der Waals surface area contributed by atoms with E-state index in [-0.39, 0.29) is 24.6 Å². The minimum atomic E-state index is -0.487. The minimum absolute atomic E-state index is 0.0814. The number of ether oxygens (including phenoxy) is 1. The zero-order valence-electron chi connectivity index (χ0n) is 26.6. The van der Waals surface area contributed by atoms with Crippen LogP contribution in [0.4, 0.5) is 27.8 Å². The summed E-state index contributed by atoms with van der Waals surface area (Å²) in [7, 11) is 0. The van der Waals surface area contributed by atoms with Gasteiger partial charge in [0.2, 0.25) is 5.88 Å². The van der Waals surface area contributed by atoms with E-state index in [9.17, 15) is 14.7 Å². The zero-order chi connectivity index (χ0) is 33.9. The summed E-state index contributed by atoms with van der Waals surface area (Å²) in [6.45, 7) is 3.95. The summed E-state index contributed by atoms with van der Waals surface area (Å²) in [6.07, 6.45) is 4.78. The number of aliphatic hydroxyl groups is 1. The van der Waals surface area contributed by atoms with Gasteiger partial charge in [0.05, 0.1) is 35.4 Å². The Bertz CT molecular complexity index is 2360. The molecular weight excluding hydrogens is 624 g/mol. The lowest BCUT2D eigenvalue weighted by Crippen LogP contribution is -2.23. The fraction of sp³-hybridized carbons (Fsp3) is 0.143. The molecule has 2 amide bonds. The number of urea groups is 1. The maximum atomic E-state index is 13.4. The number of pyridine rings is 1. The number of carbonyl (C=O) groups excluding carboxylic acids is 1. The smallest absolute Gasteiger partial charge is 0.324 e. The van der Waals surface area contributed by atoms with Crippen LogP contribution in [-0.4, -0.2) is 52.3 Å². The lowest BCUT2D eigenvalue weighted by Gasteiger charge is -2.14. The first kappa shape index (κ1) is 31.1. The second-order valence-electron chi connectivity index (χ2n) is 11.5. The number of amides is 2. The first-order valence-electron chi connectivity index (χ1n) is 15.6. The van der Waals surface area contributed by atoms with Gasteiger partial charge in [0.1, 0.15) is 23.7 Å². The summed E-state index contributed by atoms with van der Waals surface area (Å²) in [4.78, 5) is 34.3. The highest BCUT2D eigenvalue weighted by molar-refractivity contribution is 6.07. The van der Waals surface area contributed by atoms with Gasteiger partial charge in [0.15, 0.2) is 0 Å². The molecule has 0 aliphatic carbocycles. The lowest BCUT2D eigenvalue weighted by atomic mass is 10.1. The molecule has 0 saturated carbocycles. The molecule has 7 aromatic rings. The summed E-state index contributed by atoms with van der Waals surface area (Å²) in [6, 6.07) is 23.0. The normalized spacial score (nSPS) is 11.3. The molecule has 3 aromatic carbocycles. The first-order chi connectivity index (χ1) is 23.8. The van der Waals surface area contributed by atoms with Crippen molar-refractivity contribution in [3.8, 4) is 17.3 Å². The molecule has 0 radical (unpaired) electrons. The summed E-state index contributed by atoms with van der Waals surface area (Å²) >= 11 is 0. The summed E-state index contributed by atoms with van der Waals surface area (Å²) < 4.78 is 9.19. The Kier molecular flexibility index (Phi) is 8.43. The van der Waals surface area contributed by atoms with E-state index in [0.717, 1.165) is 33.1 Å². The van der Waals surface area contributed by atoms with E-state index in [1.807, 2.05) is 56.3 Å². The van der Waals surface area contributed by atoms with Crippen LogP contribution in [0.15, 0.2) is 102 Å². The minimum Gasteiger partial charge on any atom is -0.438 e. The SMILES string of the molecule is CC(C)c1cc(NC(=O)Nc2ccc(Oc3cc(Nc4ccc5[nH]ncc5c4)ncn3)c3ccccc23)n(-c2ccc(=O)n(CCO)c2)n1. The number of anilines is 4. The zero-order valence-corrected chi connectivity index (χ0v) is 26.6. The molecule has 0 unspecified atom stereocenters. The fourth-order valence-electron chi connectivity index (χ4n) is 5.38. The number of aliphatic hydroxyl groups excluding tert-OH is 1. The van der Waals surface area contributed by atoms with E-state index in [4.69, 9.17) is 4.74 Å². The van der Waals surface area contributed by atoms with Gasteiger partial charge in [0.25, 0.3) is 5.56 Å². The second-order valence-corrected chi connectivity index (χ2v) is 11.5. The van der Waals surface area contributed by atoms with Gasteiger partial charge >= 0.3 is 6.03 Å². The van der Waals surface area contributed by atoms with Gasteiger partial charge in [-0.3, -0.25) is 15.2 Å². The van der Waals surface area contributed by atoms with Crippen LogP contribution in [0.5, 0.6) is 11.6 Å². The maximum Gasteiger partial charge on any atom is 0.324 e. The first-order valence-corrected chi connectivity index (χ1v) is 15.6. The van der Waals surface area contributed by atoms with E-state index in [1.165, 1.54) is 17.0 Å². The van der Waals surface area contributed by atoms with Crippen molar-refractivity contribution in [3.05, 3.63) is 114 Å². The molecule has 4 heterocycles. The number of H-pyrrole nitrogens is 1. The van der Waals surface area contributed by atoms with Gasteiger partial charge in [-0.2, -0.15) is 10.2 Å². The number of benzene rings is 3. The van der Waals surface area contributed by atoms with Gasteiger partial charge in [-0.25, -0.2) is 19.4 Å². The Morgan fingerprint density at radius 2 is 1.84 bits per heavy atom. The van der Waals surface area contributed by atoms with Crippen molar-refractivity contribution in [1.82, 2.24) is 34.5 Å². The molecule has 0 bridgehead atoms. The Labute approximate surface area is 279 Å². The number of nitrogens with one attached hydrogen (secondary N) is 4.